The minimum Gasteiger partial charge on any atom is -0.508 e. The van der Waals surface area contributed by atoms with Crippen LogP contribution in [0.5, 0.6) is 5.75 Å². The number of ether oxygens (including phenoxy) is 1. The van der Waals surface area contributed by atoms with Crippen LogP contribution in [-0.2, 0) is 9.53 Å². The first-order valence-electron chi connectivity index (χ1n) is 8.77. The Kier molecular flexibility index (Phi) is 8.07. The fourth-order valence-electron chi connectivity index (χ4n) is 2.58. The van der Waals surface area contributed by atoms with Crippen molar-refractivity contribution < 1.29 is 24.5 Å². The molecular weight excluding hydrogens is 426 g/mol. The Morgan fingerprint density at radius 1 is 1.21 bits per heavy atom. The number of aryl methyl sites for hydroxylation is 1. The van der Waals surface area contributed by atoms with Crippen molar-refractivity contribution in [3.63, 3.8) is 0 Å². The third-order valence-electron chi connectivity index (χ3n) is 3.98. The number of carbonyl (C=O) groups is 2. The van der Waals surface area contributed by atoms with E-state index in [2.05, 4.69) is 21.2 Å². The first-order valence-corrected chi connectivity index (χ1v) is 9.56. The number of amides is 1. The fourth-order valence-corrected chi connectivity index (χ4v) is 2.96. The molecule has 0 unspecified atom stereocenters. The standard InChI is InChI=1S/C21H22BrNO5/c1-14-7-10-16(11-8-14)23-21(27)28-19(5-3-2-4-6-20(25)26)17-13-15(22)9-12-18(17)24/h4,6-13,19,24H,2-3,5H2,1H3,(H,23,27)(H,25,26)/b6-4+/t19-/m0/s1. The van der Waals surface area contributed by atoms with E-state index in [9.17, 15) is 14.7 Å². The number of anilines is 1. The summed E-state index contributed by atoms with van der Waals surface area (Å²) < 4.78 is 6.31. The molecule has 0 aliphatic carbocycles. The summed E-state index contributed by atoms with van der Waals surface area (Å²) in [6, 6.07) is 12.2. The van der Waals surface area contributed by atoms with Crippen molar-refractivity contribution in [1.29, 1.82) is 0 Å². The molecule has 3 N–H and O–H groups in total. The van der Waals surface area contributed by atoms with Gasteiger partial charge in [-0.25, -0.2) is 9.59 Å². The summed E-state index contributed by atoms with van der Waals surface area (Å²) in [5, 5.41) is 21.5. The van der Waals surface area contributed by atoms with Gasteiger partial charge in [-0.15, -0.1) is 0 Å². The number of carboxylic acid groups (broad SMARTS) is 1. The van der Waals surface area contributed by atoms with E-state index in [4.69, 9.17) is 9.84 Å². The Balaban J connectivity index is 2.08. The van der Waals surface area contributed by atoms with Crippen molar-refractivity contribution >= 4 is 33.7 Å². The maximum atomic E-state index is 12.3. The van der Waals surface area contributed by atoms with Gasteiger partial charge in [0, 0.05) is 21.8 Å². The number of phenols is 1. The maximum Gasteiger partial charge on any atom is 0.412 e. The van der Waals surface area contributed by atoms with Gasteiger partial charge in [-0.05, 0) is 56.5 Å². The molecule has 2 rings (SSSR count). The molecule has 0 bridgehead atoms. The topological polar surface area (TPSA) is 95.9 Å². The number of benzene rings is 2. The Bertz CT molecular complexity index is 848. The molecule has 148 valence electrons. The number of unbranched alkanes of at least 4 members (excludes halogenated alkanes) is 1. The number of rotatable bonds is 8. The molecule has 1 amide bonds. The first-order chi connectivity index (χ1) is 13.3. The van der Waals surface area contributed by atoms with Gasteiger partial charge >= 0.3 is 12.1 Å². The molecule has 0 aliphatic heterocycles. The molecule has 2 aromatic rings. The van der Waals surface area contributed by atoms with Crippen LogP contribution in [0.3, 0.4) is 0 Å². The highest BCUT2D eigenvalue weighted by Gasteiger charge is 2.20. The molecule has 0 heterocycles. The zero-order chi connectivity index (χ0) is 20.5. The largest absolute Gasteiger partial charge is 0.508 e. The average Bonchev–Trinajstić information content (AvgIpc) is 2.64. The van der Waals surface area contributed by atoms with Gasteiger partial charge in [-0.1, -0.05) is 39.7 Å². The lowest BCUT2D eigenvalue weighted by molar-refractivity contribution is -0.131. The number of hydrogen-bond acceptors (Lipinski definition) is 4. The highest BCUT2D eigenvalue weighted by atomic mass is 79.9. The van der Waals surface area contributed by atoms with Crippen molar-refractivity contribution in [3.05, 3.63) is 70.2 Å². The number of halogens is 1. The number of aliphatic carboxylic acids is 1. The molecule has 0 saturated heterocycles. The first kappa shape index (κ1) is 21.5. The fraction of sp³-hybridized carbons (Fsp3) is 0.238. The van der Waals surface area contributed by atoms with E-state index in [0.717, 1.165) is 16.1 Å². The van der Waals surface area contributed by atoms with Crippen LogP contribution < -0.4 is 5.32 Å². The van der Waals surface area contributed by atoms with E-state index in [1.54, 1.807) is 30.3 Å². The number of phenolic OH excluding ortho intramolecular Hbond substituents is 1. The van der Waals surface area contributed by atoms with Gasteiger partial charge < -0.3 is 14.9 Å². The number of hydrogen-bond donors (Lipinski definition) is 3. The zero-order valence-electron chi connectivity index (χ0n) is 15.4. The number of carbonyl (C=O) groups excluding carboxylic acids is 1. The maximum absolute atomic E-state index is 12.3. The van der Waals surface area contributed by atoms with E-state index >= 15 is 0 Å². The van der Waals surface area contributed by atoms with Crippen LogP contribution in [0, 0.1) is 6.92 Å². The van der Waals surface area contributed by atoms with Gasteiger partial charge in [0.2, 0.25) is 0 Å². The third kappa shape index (κ3) is 7.08. The van der Waals surface area contributed by atoms with Crippen LogP contribution in [0.15, 0.2) is 59.1 Å². The molecule has 0 radical (unpaired) electrons. The summed E-state index contributed by atoms with van der Waals surface area (Å²) in [4.78, 5) is 22.9. The van der Waals surface area contributed by atoms with E-state index in [-0.39, 0.29) is 5.75 Å². The average molecular weight is 448 g/mol. The van der Waals surface area contributed by atoms with Gasteiger partial charge in [0.1, 0.15) is 11.9 Å². The van der Waals surface area contributed by atoms with Crippen molar-refractivity contribution in [3.8, 4) is 5.75 Å². The van der Waals surface area contributed by atoms with Crippen LogP contribution in [0.2, 0.25) is 0 Å². The Morgan fingerprint density at radius 3 is 2.61 bits per heavy atom. The summed E-state index contributed by atoms with van der Waals surface area (Å²) in [5.74, 6) is -0.979. The SMILES string of the molecule is Cc1ccc(NC(=O)O[C@@H](CCC/C=C/C(=O)O)c2cc(Br)ccc2O)cc1. The van der Waals surface area contributed by atoms with Gasteiger partial charge in [-0.2, -0.15) is 0 Å². The quantitative estimate of drug-likeness (QED) is 0.363. The van der Waals surface area contributed by atoms with Gasteiger partial charge in [0.05, 0.1) is 0 Å². The molecule has 7 heteroatoms. The molecule has 0 spiro atoms. The zero-order valence-corrected chi connectivity index (χ0v) is 17.0. The summed E-state index contributed by atoms with van der Waals surface area (Å²) in [5.41, 5.74) is 2.16. The number of carboxylic acids is 1. The van der Waals surface area contributed by atoms with Crippen LogP contribution >= 0.6 is 15.9 Å². The normalized spacial score (nSPS) is 11.9. The minimum absolute atomic E-state index is 0.0254. The van der Waals surface area contributed by atoms with Crippen LogP contribution in [0.25, 0.3) is 0 Å². The smallest absolute Gasteiger partial charge is 0.412 e. The third-order valence-corrected chi connectivity index (χ3v) is 4.47. The molecule has 0 aromatic heterocycles. The Hall–Kier alpha value is -2.80. The van der Waals surface area contributed by atoms with Gasteiger partial charge in [-0.3, -0.25) is 5.32 Å². The molecule has 6 nitrogen and oxygen atoms in total. The van der Waals surface area contributed by atoms with E-state index in [1.165, 1.54) is 6.07 Å². The molecule has 0 fully saturated rings. The van der Waals surface area contributed by atoms with Crippen molar-refractivity contribution in [2.24, 2.45) is 0 Å². The lowest BCUT2D eigenvalue weighted by Crippen LogP contribution is -2.18. The minimum atomic E-state index is -1.00. The summed E-state index contributed by atoms with van der Waals surface area (Å²) in [6.07, 6.45) is 2.84. The molecule has 0 saturated carbocycles. The molecule has 1 atom stereocenters. The van der Waals surface area contributed by atoms with Crippen molar-refractivity contribution in [1.82, 2.24) is 0 Å². The monoisotopic (exact) mass is 447 g/mol. The lowest BCUT2D eigenvalue weighted by Gasteiger charge is -2.20. The van der Waals surface area contributed by atoms with E-state index < -0.39 is 18.2 Å². The Labute approximate surface area is 172 Å². The second-order valence-corrected chi connectivity index (χ2v) is 7.18. The molecule has 2 aromatic carbocycles. The van der Waals surface area contributed by atoms with Crippen LogP contribution in [0.1, 0.15) is 36.5 Å². The predicted octanol–water partition coefficient (Wildman–Crippen LogP) is 5.56. The van der Waals surface area contributed by atoms with E-state index in [0.29, 0.717) is 30.5 Å². The molecule has 0 aliphatic rings. The van der Waals surface area contributed by atoms with Gasteiger partial charge in [0.15, 0.2) is 0 Å². The number of allylic oxidation sites excluding steroid dienone is 1. The molecule has 28 heavy (non-hydrogen) atoms. The highest BCUT2D eigenvalue weighted by Crippen LogP contribution is 2.33. The second-order valence-electron chi connectivity index (χ2n) is 6.26. The van der Waals surface area contributed by atoms with Crippen LogP contribution in [0.4, 0.5) is 10.5 Å². The second kappa shape index (κ2) is 10.5. The Morgan fingerprint density at radius 2 is 1.93 bits per heavy atom. The summed E-state index contributed by atoms with van der Waals surface area (Å²) in [7, 11) is 0. The summed E-state index contributed by atoms with van der Waals surface area (Å²) in [6.45, 7) is 1.95. The number of nitrogens with one attached hydrogen (secondary N) is 1. The number of aromatic hydroxyl groups is 1. The highest BCUT2D eigenvalue weighted by molar-refractivity contribution is 9.10. The van der Waals surface area contributed by atoms with Crippen molar-refractivity contribution in [2.75, 3.05) is 5.32 Å². The lowest BCUT2D eigenvalue weighted by atomic mass is 10.0. The van der Waals surface area contributed by atoms with Gasteiger partial charge in [0.25, 0.3) is 0 Å². The van der Waals surface area contributed by atoms with Crippen LogP contribution in [-0.4, -0.2) is 22.3 Å². The van der Waals surface area contributed by atoms with Crippen molar-refractivity contribution in [2.45, 2.75) is 32.3 Å². The molecular formula is C21H22BrNO5. The van der Waals surface area contributed by atoms with E-state index in [1.807, 2.05) is 19.1 Å². The summed E-state index contributed by atoms with van der Waals surface area (Å²) >= 11 is 3.36. The predicted molar refractivity (Wildman–Crippen MR) is 110 cm³/mol.